The Kier molecular flexibility index (Phi) is 4.32. The third-order valence-corrected chi connectivity index (χ3v) is 4.71. The first kappa shape index (κ1) is 16.9. The van der Waals surface area contributed by atoms with Gasteiger partial charge in [0.05, 0.1) is 11.4 Å². The van der Waals surface area contributed by atoms with E-state index in [2.05, 4.69) is 5.32 Å². The van der Waals surface area contributed by atoms with E-state index in [0.29, 0.717) is 5.69 Å². The number of anilines is 2. The fourth-order valence-corrected chi connectivity index (χ4v) is 3.79. The fraction of sp³-hybridized carbons (Fsp3) is 0.611. The predicted octanol–water partition coefficient (Wildman–Crippen LogP) is 3.75. The van der Waals surface area contributed by atoms with Crippen LogP contribution < -0.4 is 11.1 Å². The van der Waals surface area contributed by atoms with Crippen molar-refractivity contribution in [3.05, 3.63) is 24.0 Å². The lowest BCUT2D eigenvalue weighted by Crippen LogP contribution is -2.51. The van der Waals surface area contributed by atoms with E-state index in [1.807, 2.05) is 25.7 Å². The van der Waals surface area contributed by atoms with E-state index in [1.165, 1.54) is 12.1 Å². The highest BCUT2D eigenvalue weighted by Crippen LogP contribution is 2.38. The van der Waals surface area contributed by atoms with Gasteiger partial charge in [0.15, 0.2) is 0 Å². The van der Waals surface area contributed by atoms with Crippen molar-refractivity contribution in [3.63, 3.8) is 0 Å². The minimum absolute atomic E-state index is 0.192. The van der Waals surface area contributed by atoms with E-state index in [9.17, 15) is 9.18 Å². The Morgan fingerprint density at radius 1 is 1.29 bits per heavy atom. The van der Waals surface area contributed by atoms with Gasteiger partial charge in [0.25, 0.3) is 0 Å². The van der Waals surface area contributed by atoms with Crippen LogP contribution in [0.1, 0.15) is 46.5 Å². The van der Waals surface area contributed by atoms with Gasteiger partial charge in [-0.05, 0) is 64.7 Å². The molecule has 3 rings (SSSR count). The molecule has 24 heavy (non-hydrogen) atoms. The van der Waals surface area contributed by atoms with Gasteiger partial charge < -0.3 is 20.7 Å². The average Bonchev–Trinajstić information content (AvgIpc) is 2.72. The molecule has 0 saturated carbocycles. The van der Waals surface area contributed by atoms with Gasteiger partial charge in [-0.25, -0.2) is 9.18 Å². The number of fused-ring (bicyclic) bond motifs is 2. The van der Waals surface area contributed by atoms with Gasteiger partial charge in [-0.15, -0.1) is 0 Å². The quantitative estimate of drug-likeness (QED) is 0.808. The maximum atomic E-state index is 13.2. The SMILES string of the molecule is CC(C)(C)OC(=O)N1[C@@H]2CC[C@H]1C[C@@H](Nc1ccc(F)cc1N)C2. The second-order valence-corrected chi connectivity index (χ2v) is 7.82. The van der Waals surface area contributed by atoms with Crippen LogP contribution in [-0.4, -0.2) is 34.7 Å². The van der Waals surface area contributed by atoms with E-state index in [1.54, 1.807) is 6.07 Å². The summed E-state index contributed by atoms with van der Waals surface area (Å²) in [6.45, 7) is 5.66. The highest BCUT2D eigenvalue weighted by Gasteiger charge is 2.44. The molecule has 2 bridgehead atoms. The molecular formula is C18H26FN3O2. The number of nitrogens with zero attached hydrogens (tertiary/aromatic N) is 1. The molecule has 6 heteroatoms. The Hall–Kier alpha value is -1.98. The first-order valence-electron chi connectivity index (χ1n) is 8.56. The first-order valence-corrected chi connectivity index (χ1v) is 8.56. The number of carbonyl (C=O) groups excluding carboxylic acids is 1. The zero-order valence-electron chi connectivity index (χ0n) is 14.5. The number of benzene rings is 1. The zero-order chi connectivity index (χ0) is 17.5. The van der Waals surface area contributed by atoms with Crippen LogP contribution in [0.3, 0.4) is 0 Å². The molecule has 1 aromatic rings. The first-order chi connectivity index (χ1) is 11.2. The van der Waals surface area contributed by atoms with E-state index in [-0.39, 0.29) is 30.0 Å². The highest BCUT2D eigenvalue weighted by atomic mass is 19.1. The van der Waals surface area contributed by atoms with Crippen LogP contribution in [0.25, 0.3) is 0 Å². The smallest absolute Gasteiger partial charge is 0.410 e. The maximum Gasteiger partial charge on any atom is 0.410 e. The molecule has 5 nitrogen and oxygen atoms in total. The summed E-state index contributed by atoms with van der Waals surface area (Å²) in [5.41, 5.74) is 6.57. The van der Waals surface area contributed by atoms with Crippen LogP contribution in [0.5, 0.6) is 0 Å². The van der Waals surface area contributed by atoms with Crippen molar-refractivity contribution in [2.75, 3.05) is 11.1 Å². The summed E-state index contributed by atoms with van der Waals surface area (Å²) < 4.78 is 18.7. The summed E-state index contributed by atoms with van der Waals surface area (Å²) in [7, 11) is 0. The summed E-state index contributed by atoms with van der Waals surface area (Å²) in [6.07, 6.45) is 3.50. The Morgan fingerprint density at radius 2 is 1.92 bits per heavy atom. The summed E-state index contributed by atoms with van der Waals surface area (Å²) in [5, 5.41) is 3.41. The predicted molar refractivity (Wildman–Crippen MR) is 92.3 cm³/mol. The number of rotatable bonds is 2. The largest absolute Gasteiger partial charge is 0.444 e. The van der Waals surface area contributed by atoms with Crippen LogP contribution in [0.4, 0.5) is 20.6 Å². The molecule has 0 radical (unpaired) electrons. The number of hydrogen-bond donors (Lipinski definition) is 2. The lowest BCUT2D eigenvalue weighted by molar-refractivity contribution is 0.00683. The molecule has 3 atom stereocenters. The van der Waals surface area contributed by atoms with Gasteiger partial charge in [0.2, 0.25) is 0 Å². The molecule has 1 amide bonds. The van der Waals surface area contributed by atoms with Gasteiger partial charge in [-0.1, -0.05) is 0 Å². The van der Waals surface area contributed by atoms with Crippen molar-refractivity contribution in [2.24, 2.45) is 0 Å². The van der Waals surface area contributed by atoms with Crippen LogP contribution in [0.2, 0.25) is 0 Å². The lowest BCUT2D eigenvalue weighted by atomic mass is 9.97. The van der Waals surface area contributed by atoms with Crippen molar-refractivity contribution >= 4 is 17.5 Å². The molecule has 132 valence electrons. The molecule has 0 unspecified atom stereocenters. The number of halogens is 1. The standard InChI is InChI=1S/C18H26FN3O2/c1-18(2,3)24-17(23)22-13-5-6-14(22)10-12(9-13)21-16-7-4-11(19)8-15(16)20/h4,7-8,12-14,21H,5-6,9-10,20H2,1-3H3/t12-,13+,14-. The summed E-state index contributed by atoms with van der Waals surface area (Å²) in [5.74, 6) is -0.335. The summed E-state index contributed by atoms with van der Waals surface area (Å²) in [6, 6.07) is 5.02. The van der Waals surface area contributed by atoms with Gasteiger partial charge in [0, 0.05) is 18.1 Å². The molecule has 1 aromatic carbocycles. The number of hydrogen-bond acceptors (Lipinski definition) is 4. The van der Waals surface area contributed by atoms with Gasteiger partial charge in [0.1, 0.15) is 11.4 Å². The number of nitrogens with one attached hydrogen (secondary N) is 1. The van der Waals surface area contributed by atoms with Crippen molar-refractivity contribution in [1.29, 1.82) is 0 Å². The minimum atomic E-state index is -0.478. The number of amides is 1. The van der Waals surface area contributed by atoms with Gasteiger partial charge in [-0.3, -0.25) is 0 Å². The molecule has 0 aromatic heterocycles. The summed E-state index contributed by atoms with van der Waals surface area (Å²) in [4.78, 5) is 14.4. The van der Waals surface area contributed by atoms with E-state index in [4.69, 9.17) is 10.5 Å². The highest BCUT2D eigenvalue weighted by molar-refractivity contribution is 5.70. The van der Waals surface area contributed by atoms with Crippen molar-refractivity contribution in [1.82, 2.24) is 4.90 Å². The number of nitrogen functional groups attached to an aromatic ring is 1. The monoisotopic (exact) mass is 335 g/mol. The maximum absolute atomic E-state index is 13.2. The Morgan fingerprint density at radius 3 is 2.46 bits per heavy atom. The van der Waals surface area contributed by atoms with E-state index in [0.717, 1.165) is 31.4 Å². The molecule has 2 fully saturated rings. The van der Waals surface area contributed by atoms with Crippen LogP contribution in [0.15, 0.2) is 18.2 Å². The third-order valence-electron chi connectivity index (χ3n) is 4.71. The van der Waals surface area contributed by atoms with Crippen molar-refractivity contribution in [3.8, 4) is 0 Å². The minimum Gasteiger partial charge on any atom is -0.444 e. The van der Waals surface area contributed by atoms with Crippen LogP contribution in [-0.2, 0) is 4.74 Å². The molecule has 3 N–H and O–H groups in total. The molecule has 2 heterocycles. The Balaban J connectivity index is 1.66. The Labute approximate surface area is 142 Å². The molecule has 0 aliphatic carbocycles. The van der Waals surface area contributed by atoms with Crippen LogP contribution in [0, 0.1) is 5.82 Å². The molecule has 2 saturated heterocycles. The molecular weight excluding hydrogens is 309 g/mol. The van der Waals surface area contributed by atoms with Crippen molar-refractivity contribution in [2.45, 2.75) is 70.2 Å². The fourth-order valence-electron chi connectivity index (χ4n) is 3.79. The molecule has 2 aliphatic rings. The van der Waals surface area contributed by atoms with Crippen molar-refractivity contribution < 1.29 is 13.9 Å². The topological polar surface area (TPSA) is 67.6 Å². The number of nitrogens with two attached hydrogens (primary N) is 1. The number of piperidine rings is 1. The van der Waals surface area contributed by atoms with Gasteiger partial charge >= 0.3 is 6.09 Å². The average molecular weight is 335 g/mol. The van der Waals surface area contributed by atoms with Crippen LogP contribution >= 0.6 is 0 Å². The lowest BCUT2D eigenvalue weighted by Gasteiger charge is -2.40. The second kappa shape index (κ2) is 6.15. The third kappa shape index (κ3) is 3.57. The van der Waals surface area contributed by atoms with E-state index >= 15 is 0 Å². The molecule has 2 aliphatic heterocycles. The normalized spacial score (nSPS) is 26.3. The Bertz CT molecular complexity index is 615. The number of ether oxygens (including phenoxy) is 1. The molecule has 0 spiro atoms. The zero-order valence-corrected chi connectivity index (χ0v) is 14.5. The number of carbonyl (C=O) groups is 1. The second-order valence-electron chi connectivity index (χ2n) is 7.82. The van der Waals surface area contributed by atoms with E-state index < -0.39 is 5.60 Å². The van der Waals surface area contributed by atoms with Gasteiger partial charge in [-0.2, -0.15) is 0 Å². The summed E-state index contributed by atoms with van der Waals surface area (Å²) >= 11 is 0.